The maximum Gasteiger partial charge on any atom is 0.250 e. The Morgan fingerprint density at radius 2 is 2.11 bits per heavy atom. The van der Waals surface area contributed by atoms with E-state index in [9.17, 15) is 0 Å². The third-order valence-electron chi connectivity index (χ3n) is 3.63. The van der Waals surface area contributed by atoms with Gasteiger partial charge in [-0.15, -0.1) is 12.4 Å². The quantitative estimate of drug-likeness (QED) is 0.902. The summed E-state index contributed by atoms with van der Waals surface area (Å²) < 4.78 is 5.23. The number of hydrogen-bond acceptors (Lipinski definition) is 4. The highest BCUT2D eigenvalue weighted by molar-refractivity contribution is 5.85. The second-order valence-corrected chi connectivity index (χ2v) is 5.20. The number of nitrogens with one attached hydrogen (secondary N) is 1. The molecule has 0 saturated heterocycles. The minimum atomic E-state index is 0. The van der Waals surface area contributed by atoms with Crippen molar-refractivity contribution in [1.29, 1.82) is 0 Å². The number of hydrogen-bond donors (Lipinski definition) is 1. The van der Waals surface area contributed by atoms with Gasteiger partial charge < -0.3 is 9.84 Å². The molecule has 2 rings (SSSR count). The van der Waals surface area contributed by atoms with Gasteiger partial charge in [0.15, 0.2) is 5.82 Å². The summed E-state index contributed by atoms with van der Waals surface area (Å²) in [6, 6.07) is 0.373. The van der Waals surface area contributed by atoms with E-state index in [1.165, 1.54) is 32.1 Å². The number of likely N-dealkylation sites (N-methyl/N-ethyl adjacent to an activating group) is 1. The predicted molar refractivity (Wildman–Crippen MR) is 79.4 cm³/mol. The highest BCUT2D eigenvalue weighted by Gasteiger charge is 2.11. The van der Waals surface area contributed by atoms with Crippen LogP contribution in [0.3, 0.4) is 0 Å². The molecule has 0 bridgehead atoms. The van der Waals surface area contributed by atoms with Crippen molar-refractivity contribution in [2.45, 2.75) is 51.5 Å². The molecule has 1 unspecified atom stereocenters. The van der Waals surface area contributed by atoms with E-state index in [0.717, 1.165) is 12.2 Å². The zero-order valence-electron chi connectivity index (χ0n) is 11.8. The van der Waals surface area contributed by atoms with Gasteiger partial charge in [-0.3, -0.25) is 0 Å². The molecule has 0 aromatic carbocycles. The van der Waals surface area contributed by atoms with E-state index < -0.39 is 0 Å². The van der Waals surface area contributed by atoms with Crippen LogP contribution in [0.5, 0.6) is 0 Å². The lowest BCUT2D eigenvalue weighted by Gasteiger charge is -2.17. The van der Waals surface area contributed by atoms with Crippen LogP contribution in [-0.4, -0.2) is 23.2 Å². The third kappa shape index (κ3) is 5.33. The average molecular weight is 286 g/mol. The van der Waals surface area contributed by atoms with Gasteiger partial charge in [-0.05, 0) is 38.8 Å². The van der Waals surface area contributed by atoms with Gasteiger partial charge in [0.05, 0.1) is 0 Å². The lowest BCUT2D eigenvalue weighted by Crippen LogP contribution is -2.24. The van der Waals surface area contributed by atoms with E-state index in [4.69, 9.17) is 4.52 Å². The Balaban J connectivity index is 0.00000180. The van der Waals surface area contributed by atoms with E-state index in [0.29, 0.717) is 17.9 Å². The molecule has 1 atom stereocenters. The summed E-state index contributed by atoms with van der Waals surface area (Å²) in [5.41, 5.74) is 0. The highest BCUT2D eigenvalue weighted by Crippen LogP contribution is 2.25. The van der Waals surface area contributed by atoms with E-state index in [1.54, 1.807) is 0 Å². The molecule has 1 saturated carbocycles. The Labute approximate surface area is 121 Å². The first-order chi connectivity index (χ1) is 8.78. The second kappa shape index (κ2) is 8.33. The molecule has 0 radical (unpaired) electrons. The van der Waals surface area contributed by atoms with Crippen molar-refractivity contribution >= 4 is 18.5 Å². The molecule has 4 nitrogen and oxygen atoms in total. The number of halogens is 1. The fourth-order valence-electron chi connectivity index (χ4n) is 2.34. The lowest BCUT2D eigenvalue weighted by molar-refractivity contribution is 0.397. The van der Waals surface area contributed by atoms with Crippen molar-refractivity contribution in [2.24, 2.45) is 5.92 Å². The predicted octanol–water partition coefficient (Wildman–Crippen LogP) is 3.24. The van der Waals surface area contributed by atoms with Crippen molar-refractivity contribution < 1.29 is 4.52 Å². The van der Waals surface area contributed by atoms with E-state index in [2.05, 4.69) is 28.5 Å². The lowest BCUT2D eigenvalue weighted by atomic mass is 9.89. The molecule has 1 aromatic rings. The summed E-state index contributed by atoms with van der Waals surface area (Å²) in [5, 5.41) is 7.16. The first-order valence-electron chi connectivity index (χ1n) is 6.96. The molecule has 1 aromatic heterocycles. The third-order valence-corrected chi connectivity index (χ3v) is 3.63. The largest absolute Gasteiger partial charge is 0.335 e. The van der Waals surface area contributed by atoms with Gasteiger partial charge in [0.2, 0.25) is 5.89 Å². The van der Waals surface area contributed by atoms with Crippen LogP contribution in [0, 0.1) is 5.92 Å². The summed E-state index contributed by atoms with van der Waals surface area (Å²) in [5.74, 6) is 2.12. The first-order valence-corrected chi connectivity index (χ1v) is 6.96. The van der Waals surface area contributed by atoms with Crippen LogP contribution in [0.2, 0.25) is 0 Å². The smallest absolute Gasteiger partial charge is 0.250 e. The molecule has 0 spiro atoms. The molecule has 19 heavy (non-hydrogen) atoms. The summed E-state index contributed by atoms with van der Waals surface area (Å²) in [6.45, 7) is 2.11. The van der Waals surface area contributed by atoms with Crippen LogP contribution < -0.4 is 5.32 Å². The number of rotatable bonds is 5. The highest BCUT2D eigenvalue weighted by atomic mass is 35.5. The molecule has 1 fully saturated rings. The standard InChI is InChI=1S/C14H23N3O.ClH/c1-11(15-2)10-13-16-14(18-17-13)9-8-12-6-4-3-5-7-12;/h8-9,11-12,15H,3-7,10H2,1-2H3;1H/b9-8+;. The minimum Gasteiger partial charge on any atom is -0.335 e. The van der Waals surface area contributed by atoms with Crippen molar-refractivity contribution in [2.75, 3.05) is 7.05 Å². The zero-order valence-corrected chi connectivity index (χ0v) is 12.6. The summed E-state index contributed by atoms with van der Waals surface area (Å²) in [4.78, 5) is 4.38. The Morgan fingerprint density at radius 3 is 2.79 bits per heavy atom. The molecule has 0 aliphatic heterocycles. The van der Waals surface area contributed by atoms with Crippen LogP contribution in [-0.2, 0) is 6.42 Å². The van der Waals surface area contributed by atoms with Crippen LogP contribution in [0.25, 0.3) is 6.08 Å². The molecule has 108 valence electrons. The summed E-state index contributed by atoms with van der Waals surface area (Å²) in [7, 11) is 1.94. The molecule has 1 aliphatic rings. The van der Waals surface area contributed by atoms with E-state index in [-0.39, 0.29) is 12.4 Å². The van der Waals surface area contributed by atoms with Gasteiger partial charge in [0, 0.05) is 12.5 Å². The summed E-state index contributed by atoms with van der Waals surface area (Å²) >= 11 is 0. The van der Waals surface area contributed by atoms with Gasteiger partial charge in [-0.1, -0.05) is 30.5 Å². The maximum absolute atomic E-state index is 5.23. The van der Waals surface area contributed by atoms with Gasteiger partial charge in [0.25, 0.3) is 0 Å². The fraction of sp³-hybridized carbons (Fsp3) is 0.714. The molecule has 1 N–H and O–H groups in total. The topological polar surface area (TPSA) is 51.0 Å². The van der Waals surface area contributed by atoms with Crippen molar-refractivity contribution in [3.8, 4) is 0 Å². The van der Waals surface area contributed by atoms with Crippen molar-refractivity contribution in [3.63, 3.8) is 0 Å². The average Bonchev–Trinajstić information content (AvgIpc) is 2.85. The number of allylic oxidation sites excluding steroid dienone is 1. The maximum atomic E-state index is 5.23. The normalized spacial score (nSPS) is 18.4. The summed E-state index contributed by atoms with van der Waals surface area (Å²) in [6.07, 6.45) is 11.7. The molecule has 5 heteroatoms. The Kier molecular flexibility index (Phi) is 7.10. The Hall–Kier alpha value is -0.870. The second-order valence-electron chi connectivity index (χ2n) is 5.20. The molecule has 1 heterocycles. The monoisotopic (exact) mass is 285 g/mol. The minimum absolute atomic E-state index is 0. The first kappa shape index (κ1) is 16.2. The van der Waals surface area contributed by atoms with Crippen LogP contribution in [0.15, 0.2) is 10.6 Å². The number of nitrogens with zero attached hydrogens (tertiary/aromatic N) is 2. The molecule has 0 amide bonds. The van der Waals surface area contributed by atoms with Crippen molar-refractivity contribution in [1.82, 2.24) is 15.5 Å². The fourth-order valence-corrected chi connectivity index (χ4v) is 2.34. The van der Waals surface area contributed by atoms with Gasteiger partial charge in [-0.25, -0.2) is 0 Å². The number of aromatic nitrogens is 2. The van der Waals surface area contributed by atoms with Gasteiger partial charge in [-0.2, -0.15) is 4.98 Å². The Morgan fingerprint density at radius 1 is 1.37 bits per heavy atom. The SMILES string of the molecule is CNC(C)Cc1noc(/C=C/C2CCCCC2)n1.Cl. The molecular weight excluding hydrogens is 262 g/mol. The van der Waals surface area contributed by atoms with E-state index in [1.807, 2.05) is 13.1 Å². The van der Waals surface area contributed by atoms with Crippen LogP contribution in [0.4, 0.5) is 0 Å². The molecular formula is C14H24ClN3O. The zero-order chi connectivity index (χ0) is 12.8. The van der Waals surface area contributed by atoms with E-state index >= 15 is 0 Å². The van der Waals surface area contributed by atoms with Gasteiger partial charge >= 0.3 is 0 Å². The van der Waals surface area contributed by atoms with Crippen LogP contribution >= 0.6 is 12.4 Å². The molecule has 1 aliphatic carbocycles. The van der Waals surface area contributed by atoms with Crippen molar-refractivity contribution in [3.05, 3.63) is 17.8 Å². The Bertz CT molecular complexity index is 386. The van der Waals surface area contributed by atoms with Crippen LogP contribution in [0.1, 0.15) is 50.7 Å². The van der Waals surface area contributed by atoms with Gasteiger partial charge in [0.1, 0.15) is 0 Å².